The maximum absolute atomic E-state index is 12.7. The molecule has 1 aromatic rings. The number of aliphatic imine (C=N–C) groups is 1. The molecule has 2 aliphatic rings. The third-order valence-corrected chi connectivity index (χ3v) is 5.20. The molecule has 0 saturated carbocycles. The summed E-state index contributed by atoms with van der Waals surface area (Å²) >= 11 is 1.30. The summed E-state index contributed by atoms with van der Waals surface area (Å²) in [5.41, 5.74) is 1.02. The van der Waals surface area contributed by atoms with Crippen LogP contribution in [0, 0.1) is 10.1 Å². The second-order valence-electron chi connectivity index (χ2n) is 5.84. The number of hydrogen-bond donors (Lipinski definition) is 0. The van der Waals surface area contributed by atoms with E-state index < -0.39 is 16.9 Å². The molecule has 26 heavy (non-hydrogen) atoms. The van der Waals surface area contributed by atoms with Crippen molar-refractivity contribution in [2.24, 2.45) is 4.99 Å². The highest BCUT2D eigenvalue weighted by Gasteiger charge is 2.46. The summed E-state index contributed by atoms with van der Waals surface area (Å²) in [6, 6.07) is 5.14. The molecule has 0 spiro atoms. The van der Waals surface area contributed by atoms with Crippen LogP contribution in [0.4, 0.5) is 5.69 Å². The van der Waals surface area contributed by atoms with Crippen molar-refractivity contribution in [2.75, 3.05) is 6.61 Å². The molecular weight excluding hydrogens is 358 g/mol. The third kappa shape index (κ3) is 2.98. The summed E-state index contributed by atoms with van der Waals surface area (Å²) in [4.78, 5) is 41.7. The molecular formula is C17H17N3O5S. The number of allylic oxidation sites excluding steroid dienone is 1. The molecule has 2 atom stereocenters. The van der Waals surface area contributed by atoms with Gasteiger partial charge in [0.25, 0.3) is 5.69 Å². The number of nitro benzene ring substituents is 1. The number of thioether (sulfide) groups is 1. The smallest absolute Gasteiger partial charge is 0.338 e. The van der Waals surface area contributed by atoms with Crippen LogP contribution < -0.4 is 0 Å². The molecule has 9 heteroatoms. The van der Waals surface area contributed by atoms with Crippen molar-refractivity contribution in [3.8, 4) is 0 Å². The monoisotopic (exact) mass is 375 g/mol. The summed E-state index contributed by atoms with van der Waals surface area (Å²) in [5, 5.41) is 11.3. The number of amides is 1. The van der Waals surface area contributed by atoms with Gasteiger partial charge in [-0.25, -0.2) is 9.79 Å². The van der Waals surface area contributed by atoms with Crippen molar-refractivity contribution in [1.82, 2.24) is 4.90 Å². The molecule has 1 fully saturated rings. The Bertz CT molecular complexity index is 864. The first kappa shape index (κ1) is 18.1. The lowest BCUT2D eigenvalue weighted by Gasteiger charge is -2.32. The molecule has 0 aliphatic carbocycles. The van der Waals surface area contributed by atoms with Crippen LogP contribution in [-0.4, -0.2) is 38.7 Å². The summed E-state index contributed by atoms with van der Waals surface area (Å²) in [6.07, 6.45) is 0. The molecule has 136 valence electrons. The lowest BCUT2D eigenvalue weighted by molar-refractivity contribution is -0.384. The van der Waals surface area contributed by atoms with E-state index in [0.717, 1.165) is 0 Å². The quantitative estimate of drug-likeness (QED) is 0.455. The Morgan fingerprint density at radius 3 is 2.85 bits per heavy atom. The van der Waals surface area contributed by atoms with Crippen molar-refractivity contribution in [2.45, 2.75) is 32.1 Å². The Hall–Kier alpha value is -2.68. The van der Waals surface area contributed by atoms with Gasteiger partial charge >= 0.3 is 5.97 Å². The number of carbonyl (C=O) groups excluding carboxylic acids is 2. The number of nitro groups is 1. The number of hydrogen-bond acceptors (Lipinski definition) is 7. The molecule has 3 rings (SSSR count). The summed E-state index contributed by atoms with van der Waals surface area (Å²) in [7, 11) is 0. The minimum absolute atomic E-state index is 0.111. The van der Waals surface area contributed by atoms with Crippen molar-refractivity contribution in [3.05, 3.63) is 51.2 Å². The molecule has 8 nitrogen and oxygen atoms in total. The fraction of sp³-hybridized carbons (Fsp3) is 0.353. The van der Waals surface area contributed by atoms with Crippen LogP contribution in [0.25, 0.3) is 0 Å². The number of fused-ring (bicyclic) bond motifs is 1. The van der Waals surface area contributed by atoms with Crippen molar-refractivity contribution < 1.29 is 19.2 Å². The van der Waals surface area contributed by atoms with Gasteiger partial charge < -0.3 is 4.74 Å². The molecule has 1 amide bonds. The van der Waals surface area contributed by atoms with Crippen LogP contribution in [-0.2, 0) is 14.3 Å². The molecule has 2 unspecified atom stereocenters. The van der Waals surface area contributed by atoms with Gasteiger partial charge in [0.2, 0.25) is 5.91 Å². The zero-order valence-corrected chi connectivity index (χ0v) is 15.3. The van der Waals surface area contributed by atoms with Crippen molar-refractivity contribution in [1.29, 1.82) is 0 Å². The predicted octanol–water partition coefficient (Wildman–Crippen LogP) is 2.81. The number of rotatable bonds is 4. The number of nitrogens with zero attached hydrogens (tertiary/aromatic N) is 3. The Labute approximate surface area is 154 Å². The SMILES string of the molecule is CCOC(=O)C1=C(C)N=C2SC(C)C(=O)N2C1c1cccc([N+](=O)[O-])c1. The summed E-state index contributed by atoms with van der Waals surface area (Å²) < 4.78 is 5.15. The van der Waals surface area contributed by atoms with Gasteiger partial charge in [0.15, 0.2) is 5.17 Å². The zero-order valence-electron chi connectivity index (χ0n) is 14.5. The zero-order chi connectivity index (χ0) is 19.0. The van der Waals surface area contributed by atoms with Crippen molar-refractivity contribution in [3.63, 3.8) is 0 Å². The number of benzene rings is 1. The summed E-state index contributed by atoms with van der Waals surface area (Å²) in [6.45, 7) is 5.30. The number of esters is 1. The molecule has 0 N–H and O–H groups in total. The van der Waals surface area contributed by atoms with Gasteiger partial charge in [-0.15, -0.1) is 0 Å². The van der Waals surface area contributed by atoms with E-state index in [1.807, 2.05) is 0 Å². The van der Waals surface area contributed by atoms with E-state index in [0.29, 0.717) is 16.4 Å². The first-order valence-corrected chi connectivity index (χ1v) is 8.93. The third-order valence-electron chi connectivity index (χ3n) is 4.15. The number of carbonyl (C=O) groups is 2. The average molecular weight is 375 g/mol. The lowest BCUT2D eigenvalue weighted by Crippen LogP contribution is -2.40. The van der Waals surface area contributed by atoms with Gasteiger partial charge in [0.1, 0.15) is 0 Å². The largest absolute Gasteiger partial charge is 0.463 e. The van der Waals surface area contributed by atoms with Crippen LogP contribution in [0.5, 0.6) is 0 Å². The van der Waals surface area contributed by atoms with Crippen LogP contribution in [0.3, 0.4) is 0 Å². The maximum Gasteiger partial charge on any atom is 0.338 e. The minimum Gasteiger partial charge on any atom is -0.463 e. The molecule has 1 saturated heterocycles. The van der Waals surface area contributed by atoms with Gasteiger partial charge in [-0.3, -0.25) is 19.8 Å². The standard InChI is InChI=1S/C17H17N3O5S/c1-4-25-16(22)13-9(2)18-17-19(15(21)10(3)26-17)14(13)11-6-5-7-12(8-11)20(23)24/h5-8,10,14H,4H2,1-3H3. The maximum atomic E-state index is 12.7. The molecule has 0 aromatic heterocycles. The average Bonchev–Trinajstić information content (AvgIpc) is 2.87. The highest BCUT2D eigenvalue weighted by Crippen LogP contribution is 2.43. The molecule has 2 aliphatic heterocycles. The molecule has 1 aromatic carbocycles. The fourth-order valence-electron chi connectivity index (χ4n) is 3.00. The number of amidine groups is 1. The predicted molar refractivity (Wildman–Crippen MR) is 96.5 cm³/mol. The Kier molecular flexibility index (Phi) is 4.82. The van der Waals surface area contributed by atoms with E-state index >= 15 is 0 Å². The van der Waals surface area contributed by atoms with Gasteiger partial charge in [0.05, 0.1) is 34.1 Å². The van der Waals surface area contributed by atoms with Gasteiger partial charge in [-0.05, 0) is 26.3 Å². The first-order valence-electron chi connectivity index (χ1n) is 8.05. The fourth-order valence-corrected chi connectivity index (χ4v) is 4.03. The molecule has 2 heterocycles. The van der Waals surface area contributed by atoms with E-state index in [1.54, 1.807) is 26.8 Å². The second-order valence-corrected chi connectivity index (χ2v) is 7.14. The van der Waals surface area contributed by atoms with Crippen molar-refractivity contribution >= 4 is 34.5 Å². The topological polar surface area (TPSA) is 102 Å². The Balaban J connectivity index is 2.17. The summed E-state index contributed by atoms with van der Waals surface area (Å²) in [5.74, 6) is -0.777. The Morgan fingerprint density at radius 1 is 1.46 bits per heavy atom. The normalized spacial score (nSPS) is 22.2. The Morgan fingerprint density at radius 2 is 2.19 bits per heavy atom. The van der Waals surface area contributed by atoms with E-state index in [-0.39, 0.29) is 29.0 Å². The number of ether oxygens (including phenoxy) is 1. The second kappa shape index (κ2) is 6.91. The van der Waals surface area contributed by atoms with Crippen LogP contribution in [0.2, 0.25) is 0 Å². The van der Waals surface area contributed by atoms with E-state index in [4.69, 9.17) is 4.74 Å². The van der Waals surface area contributed by atoms with Crippen LogP contribution in [0.1, 0.15) is 32.4 Å². The van der Waals surface area contributed by atoms with Gasteiger partial charge in [-0.1, -0.05) is 23.9 Å². The van der Waals surface area contributed by atoms with Crippen LogP contribution >= 0.6 is 11.8 Å². The van der Waals surface area contributed by atoms with E-state index in [2.05, 4.69) is 4.99 Å². The van der Waals surface area contributed by atoms with Gasteiger partial charge in [-0.2, -0.15) is 0 Å². The first-order chi connectivity index (χ1) is 12.3. The highest BCUT2D eigenvalue weighted by molar-refractivity contribution is 8.15. The minimum atomic E-state index is -0.800. The van der Waals surface area contributed by atoms with Gasteiger partial charge in [0, 0.05) is 12.1 Å². The van der Waals surface area contributed by atoms with E-state index in [1.165, 1.54) is 34.9 Å². The van der Waals surface area contributed by atoms with Crippen LogP contribution in [0.15, 0.2) is 40.5 Å². The molecule has 0 radical (unpaired) electrons. The lowest BCUT2D eigenvalue weighted by atomic mass is 9.94. The number of non-ortho nitro benzene ring substituents is 1. The van der Waals surface area contributed by atoms with E-state index in [9.17, 15) is 19.7 Å². The molecule has 0 bridgehead atoms. The highest BCUT2D eigenvalue weighted by atomic mass is 32.2.